The molecule has 5 heteroatoms. The fourth-order valence-electron chi connectivity index (χ4n) is 2.51. The molecule has 1 aliphatic carbocycles. The van der Waals surface area contributed by atoms with Gasteiger partial charge in [-0.25, -0.2) is 0 Å². The van der Waals surface area contributed by atoms with Gasteiger partial charge in [-0.05, 0) is 32.1 Å². The van der Waals surface area contributed by atoms with E-state index in [-0.39, 0.29) is 23.9 Å². The Morgan fingerprint density at radius 1 is 1.56 bits per heavy atom. The Bertz CT molecular complexity index is 328. The number of likely N-dealkylation sites (tertiary alicyclic amines) is 1. The van der Waals surface area contributed by atoms with Gasteiger partial charge in [-0.3, -0.25) is 9.59 Å². The van der Waals surface area contributed by atoms with E-state index in [9.17, 15) is 9.59 Å². The average molecular weight is 253 g/mol. The van der Waals surface area contributed by atoms with Crippen molar-refractivity contribution in [2.45, 2.75) is 51.1 Å². The second kappa shape index (κ2) is 5.69. The molecule has 0 bridgehead atoms. The number of hydrogen-bond donors (Lipinski definition) is 2. The van der Waals surface area contributed by atoms with Gasteiger partial charge in [0, 0.05) is 38.0 Å². The molecule has 1 saturated carbocycles. The summed E-state index contributed by atoms with van der Waals surface area (Å²) in [6.45, 7) is 3.37. The van der Waals surface area contributed by atoms with Crippen molar-refractivity contribution in [3.63, 3.8) is 0 Å². The van der Waals surface area contributed by atoms with Crippen molar-refractivity contribution in [1.82, 2.24) is 10.2 Å². The van der Waals surface area contributed by atoms with E-state index in [2.05, 4.69) is 5.32 Å². The van der Waals surface area contributed by atoms with Gasteiger partial charge in [0.1, 0.15) is 0 Å². The number of carbonyl (C=O) groups excluding carboxylic acids is 2. The molecule has 2 rings (SSSR count). The Morgan fingerprint density at radius 2 is 2.28 bits per heavy atom. The first-order valence-electron chi connectivity index (χ1n) is 6.89. The summed E-state index contributed by atoms with van der Waals surface area (Å²) in [5.41, 5.74) is 5.92. The first-order chi connectivity index (χ1) is 8.56. The molecule has 2 atom stereocenters. The van der Waals surface area contributed by atoms with Crippen molar-refractivity contribution in [1.29, 1.82) is 0 Å². The Morgan fingerprint density at radius 3 is 2.83 bits per heavy atom. The summed E-state index contributed by atoms with van der Waals surface area (Å²) in [4.78, 5) is 25.0. The van der Waals surface area contributed by atoms with Gasteiger partial charge in [-0.15, -0.1) is 0 Å². The van der Waals surface area contributed by atoms with Gasteiger partial charge in [0.05, 0.1) is 0 Å². The number of nitrogens with two attached hydrogens (primary N) is 1. The molecule has 0 aromatic rings. The summed E-state index contributed by atoms with van der Waals surface area (Å²) < 4.78 is 0. The summed E-state index contributed by atoms with van der Waals surface area (Å²) in [5, 5.41) is 2.93. The summed E-state index contributed by atoms with van der Waals surface area (Å²) in [6.07, 6.45) is 4.31. The average Bonchev–Trinajstić information content (AvgIpc) is 3.05. The van der Waals surface area contributed by atoms with Gasteiger partial charge in [-0.2, -0.15) is 0 Å². The fourth-order valence-corrected chi connectivity index (χ4v) is 2.51. The monoisotopic (exact) mass is 253 g/mol. The number of rotatable bonds is 6. The molecule has 102 valence electrons. The van der Waals surface area contributed by atoms with Crippen LogP contribution in [0.15, 0.2) is 0 Å². The maximum absolute atomic E-state index is 11.8. The molecule has 5 nitrogen and oxygen atoms in total. The largest absolute Gasteiger partial charge is 0.352 e. The maximum Gasteiger partial charge on any atom is 0.222 e. The van der Waals surface area contributed by atoms with Crippen LogP contribution in [-0.4, -0.2) is 41.9 Å². The molecule has 2 aliphatic rings. The third-order valence-corrected chi connectivity index (χ3v) is 3.72. The van der Waals surface area contributed by atoms with Crippen molar-refractivity contribution < 1.29 is 9.59 Å². The maximum atomic E-state index is 11.8. The van der Waals surface area contributed by atoms with Crippen molar-refractivity contribution >= 4 is 11.8 Å². The lowest BCUT2D eigenvalue weighted by atomic mass is 10.1. The number of carbonyl (C=O) groups is 2. The molecule has 2 amide bonds. The number of amides is 2. The van der Waals surface area contributed by atoms with E-state index in [4.69, 9.17) is 5.73 Å². The first kappa shape index (κ1) is 13.3. The zero-order chi connectivity index (χ0) is 13.1. The molecule has 0 spiro atoms. The van der Waals surface area contributed by atoms with E-state index < -0.39 is 0 Å². The minimum Gasteiger partial charge on any atom is -0.352 e. The van der Waals surface area contributed by atoms with E-state index >= 15 is 0 Å². The van der Waals surface area contributed by atoms with E-state index in [1.54, 1.807) is 0 Å². The van der Waals surface area contributed by atoms with Crippen molar-refractivity contribution in [3.05, 3.63) is 0 Å². The van der Waals surface area contributed by atoms with Gasteiger partial charge in [0.2, 0.25) is 11.8 Å². The van der Waals surface area contributed by atoms with Gasteiger partial charge >= 0.3 is 0 Å². The lowest BCUT2D eigenvalue weighted by Gasteiger charge is -2.22. The standard InChI is InChI=1S/C13H23N3O2/c1-9(8-16-6-2-3-13(16)18)15-12(17)7-11(14)10-4-5-10/h9-11H,2-8,14H2,1H3,(H,15,17). The molecule has 1 aliphatic heterocycles. The number of nitrogens with one attached hydrogen (secondary N) is 1. The minimum atomic E-state index is 0.00520. The summed E-state index contributed by atoms with van der Waals surface area (Å²) in [7, 11) is 0. The van der Waals surface area contributed by atoms with Crippen LogP contribution in [0.2, 0.25) is 0 Å². The molecule has 0 aromatic carbocycles. The molecule has 18 heavy (non-hydrogen) atoms. The Labute approximate surface area is 108 Å². The second-order valence-electron chi connectivity index (χ2n) is 5.62. The lowest BCUT2D eigenvalue weighted by molar-refractivity contribution is -0.129. The number of hydrogen-bond acceptors (Lipinski definition) is 3. The number of nitrogens with zero attached hydrogens (tertiary/aromatic N) is 1. The van der Waals surface area contributed by atoms with Crippen LogP contribution in [0.4, 0.5) is 0 Å². The SMILES string of the molecule is CC(CN1CCCC1=O)NC(=O)CC(N)C1CC1. The lowest BCUT2D eigenvalue weighted by Crippen LogP contribution is -2.44. The molecule has 2 unspecified atom stereocenters. The highest BCUT2D eigenvalue weighted by atomic mass is 16.2. The van der Waals surface area contributed by atoms with Crippen LogP contribution in [-0.2, 0) is 9.59 Å². The zero-order valence-electron chi connectivity index (χ0n) is 11.0. The molecular formula is C13H23N3O2. The van der Waals surface area contributed by atoms with Crippen molar-refractivity contribution in [2.75, 3.05) is 13.1 Å². The molecule has 1 heterocycles. The zero-order valence-corrected chi connectivity index (χ0v) is 11.0. The van der Waals surface area contributed by atoms with Gasteiger partial charge in [0.15, 0.2) is 0 Å². The Hall–Kier alpha value is -1.10. The smallest absolute Gasteiger partial charge is 0.222 e. The molecule has 3 N–H and O–H groups in total. The summed E-state index contributed by atoms with van der Waals surface area (Å²) in [5.74, 6) is 0.755. The van der Waals surface area contributed by atoms with Crippen LogP contribution in [0.25, 0.3) is 0 Å². The fraction of sp³-hybridized carbons (Fsp3) is 0.846. The van der Waals surface area contributed by atoms with Crippen LogP contribution in [0.5, 0.6) is 0 Å². The Kier molecular flexibility index (Phi) is 4.22. The third-order valence-electron chi connectivity index (χ3n) is 3.72. The summed E-state index contributed by atoms with van der Waals surface area (Å²) >= 11 is 0. The van der Waals surface area contributed by atoms with Crippen LogP contribution < -0.4 is 11.1 Å². The Balaban J connectivity index is 1.67. The molecular weight excluding hydrogens is 230 g/mol. The van der Waals surface area contributed by atoms with Crippen LogP contribution in [0.1, 0.15) is 39.0 Å². The summed E-state index contributed by atoms with van der Waals surface area (Å²) in [6, 6.07) is 0.0107. The van der Waals surface area contributed by atoms with Crippen LogP contribution >= 0.6 is 0 Å². The van der Waals surface area contributed by atoms with Gasteiger partial charge in [-0.1, -0.05) is 0 Å². The third kappa shape index (κ3) is 3.70. The topological polar surface area (TPSA) is 75.4 Å². The second-order valence-corrected chi connectivity index (χ2v) is 5.62. The quantitative estimate of drug-likeness (QED) is 0.712. The van der Waals surface area contributed by atoms with Crippen molar-refractivity contribution in [2.24, 2.45) is 11.7 Å². The van der Waals surface area contributed by atoms with Gasteiger partial charge < -0.3 is 16.0 Å². The first-order valence-corrected chi connectivity index (χ1v) is 6.89. The van der Waals surface area contributed by atoms with E-state index in [0.717, 1.165) is 25.8 Å². The highest BCUT2D eigenvalue weighted by Gasteiger charge is 2.30. The van der Waals surface area contributed by atoms with Crippen molar-refractivity contribution in [3.8, 4) is 0 Å². The van der Waals surface area contributed by atoms with E-state index in [1.807, 2.05) is 11.8 Å². The highest BCUT2D eigenvalue weighted by molar-refractivity contribution is 5.79. The van der Waals surface area contributed by atoms with E-state index in [0.29, 0.717) is 25.3 Å². The van der Waals surface area contributed by atoms with Gasteiger partial charge in [0.25, 0.3) is 0 Å². The predicted octanol–water partition coefficient (Wildman–Crippen LogP) is 0.241. The predicted molar refractivity (Wildman–Crippen MR) is 68.7 cm³/mol. The normalized spacial score (nSPS) is 23.0. The van der Waals surface area contributed by atoms with E-state index in [1.165, 1.54) is 0 Å². The van der Waals surface area contributed by atoms with Crippen LogP contribution in [0, 0.1) is 5.92 Å². The minimum absolute atomic E-state index is 0.00520. The molecule has 0 aromatic heterocycles. The highest BCUT2D eigenvalue weighted by Crippen LogP contribution is 2.32. The van der Waals surface area contributed by atoms with Crippen LogP contribution in [0.3, 0.4) is 0 Å². The molecule has 0 radical (unpaired) electrons. The molecule has 1 saturated heterocycles. The molecule has 2 fully saturated rings.